The molecule has 7 heteroatoms. The lowest BCUT2D eigenvalue weighted by atomic mass is 10.2. The van der Waals surface area contributed by atoms with Gasteiger partial charge in [0.1, 0.15) is 5.75 Å². The lowest BCUT2D eigenvalue weighted by molar-refractivity contribution is -0.0328. The third-order valence-electron chi connectivity index (χ3n) is 2.68. The Morgan fingerprint density at radius 3 is 2.55 bits per heavy atom. The van der Waals surface area contributed by atoms with Crippen molar-refractivity contribution >= 4 is 23.4 Å². The molecule has 0 saturated heterocycles. The van der Waals surface area contributed by atoms with Gasteiger partial charge in [0.05, 0.1) is 12.7 Å². The van der Waals surface area contributed by atoms with Gasteiger partial charge in [-0.1, -0.05) is 18.2 Å². The zero-order valence-corrected chi connectivity index (χ0v) is 12.3. The van der Waals surface area contributed by atoms with Crippen molar-refractivity contribution in [3.05, 3.63) is 54.1 Å². The summed E-state index contributed by atoms with van der Waals surface area (Å²) >= 11 is -0.312. The molecular formula is C15H12F3NO2S. The molecule has 1 N–H and O–H groups in total. The Balaban J connectivity index is 2.22. The minimum atomic E-state index is -4.45. The molecule has 0 spiro atoms. The predicted octanol–water partition coefficient (Wildman–Crippen LogP) is 4.56. The number of halogens is 3. The number of carbonyl (C=O) groups excluding carboxylic acids is 1. The lowest BCUT2D eigenvalue weighted by Gasteiger charge is -2.11. The number of carbonyl (C=O) groups is 1. The van der Waals surface area contributed by atoms with Crippen molar-refractivity contribution in [2.45, 2.75) is 10.4 Å². The largest absolute Gasteiger partial charge is 0.497 e. The normalized spacial score (nSPS) is 11.1. The number of hydrogen-bond donors (Lipinski definition) is 1. The van der Waals surface area contributed by atoms with E-state index in [1.54, 1.807) is 24.3 Å². The van der Waals surface area contributed by atoms with Crippen molar-refractivity contribution in [1.82, 2.24) is 0 Å². The number of nitrogens with one attached hydrogen (secondary N) is 1. The van der Waals surface area contributed by atoms with Crippen molar-refractivity contribution in [1.29, 1.82) is 0 Å². The monoisotopic (exact) mass is 327 g/mol. The van der Waals surface area contributed by atoms with E-state index in [1.807, 2.05) is 0 Å². The van der Waals surface area contributed by atoms with Crippen LogP contribution in [-0.4, -0.2) is 18.5 Å². The standard InChI is InChI=1S/C15H12F3NO2S/c1-21-11-6-4-5-10(9-11)19-14(20)12-7-2-3-8-13(12)22-15(16,17)18/h2-9H,1H3,(H,19,20). The summed E-state index contributed by atoms with van der Waals surface area (Å²) in [6.07, 6.45) is 0. The van der Waals surface area contributed by atoms with Crippen LogP contribution < -0.4 is 10.1 Å². The molecule has 1 amide bonds. The molecule has 0 fully saturated rings. The zero-order valence-electron chi connectivity index (χ0n) is 11.5. The van der Waals surface area contributed by atoms with Crippen LogP contribution in [0.25, 0.3) is 0 Å². The molecule has 2 rings (SSSR count). The Bertz CT molecular complexity index is 674. The Labute approximate surface area is 129 Å². The van der Waals surface area contributed by atoms with Crippen LogP contribution in [0.2, 0.25) is 0 Å². The van der Waals surface area contributed by atoms with Crippen LogP contribution in [-0.2, 0) is 0 Å². The van der Waals surface area contributed by atoms with E-state index in [0.29, 0.717) is 11.4 Å². The van der Waals surface area contributed by atoms with E-state index in [0.717, 1.165) is 0 Å². The lowest BCUT2D eigenvalue weighted by Crippen LogP contribution is -2.14. The van der Waals surface area contributed by atoms with Crippen LogP contribution in [0, 0.1) is 0 Å². The summed E-state index contributed by atoms with van der Waals surface area (Å²) < 4.78 is 42.6. The van der Waals surface area contributed by atoms with E-state index >= 15 is 0 Å². The first-order chi connectivity index (χ1) is 10.4. The molecule has 0 bridgehead atoms. The molecular weight excluding hydrogens is 315 g/mol. The van der Waals surface area contributed by atoms with E-state index < -0.39 is 11.4 Å². The number of benzene rings is 2. The summed E-state index contributed by atoms with van der Waals surface area (Å²) in [6.45, 7) is 0. The summed E-state index contributed by atoms with van der Waals surface area (Å²) in [7, 11) is 1.48. The van der Waals surface area contributed by atoms with Crippen molar-refractivity contribution < 1.29 is 22.7 Å². The van der Waals surface area contributed by atoms with Gasteiger partial charge in [-0.2, -0.15) is 13.2 Å². The maximum Gasteiger partial charge on any atom is 0.446 e. The number of alkyl halides is 3. The third kappa shape index (κ3) is 4.42. The first-order valence-corrected chi connectivity index (χ1v) is 7.01. The number of anilines is 1. The quantitative estimate of drug-likeness (QED) is 0.837. The SMILES string of the molecule is COc1cccc(NC(=O)c2ccccc2SC(F)(F)F)c1. The zero-order chi connectivity index (χ0) is 16.2. The molecule has 2 aromatic rings. The number of methoxy groups -OCH3 is 1. The summed E-state index contributed by atoms with van der Waals surface area (Å²) in [5.74, 6) is -0.0728. The fourth-order valence-electron chi connectivity index (χ4n) is 1.77. The highest BCUT2D eigenvalue weighted by molar-refractivity contribution is 8.00. The molecule has 0 aliphatic carbocycles. The fourth-order valence-corrected chi connectivity index (χ4v) is 2.43. The predicted molar refractivity (Wildman–Crippen MR) is 79.3 cm³/mol. The van der Waals surface area contributed by atoms with Gasteiger partial charge in [0.15, 0.2) is 0 Å². The highest BCUT2D eigenvalue weighted by Crippen LogP contribution is 2.38. The topological polar surface area (TPSA) is 38.3 Å². The fraction of sp³-hybridized carbons (Fsp3) is 0.133. The maximum absolute atomic E-state index is 12.5. The van der Waals surface area contributed by atoms with Gasteiger partial charge in [0.2, 0.25) is 0 Å². The maximum atomic E-state index is 12.5. The first kappa shape index (κ1) is 16.2. The third-order valence-corrected chi connectivity index (χ3v) is 3.49. The van der Waals surface area contributed by atoms with Gasteiger partial charge < -0.3 is 10.1 Å². The number of rotatable bonds is 4. The summed E-state index contributed by atoms with van der Waals surface area (Å²) in [5, 5.41) is 2.56. The molecule has 0 aliphatic rings. The van der Waals surface area contributed by atoms with E-state index in [2.05, 4.69) is 5.32 Å². The number of thioether (sulfide) groups is 1. The Morgan fingerprint density at radius 2 is 1.86 bits per heavy atom. The molecule has 2 aromatic carbocycles. The van der Waals surface area contributed by atoms with Gasteiger partial charge in [-0.15, -0.1) is 0 Å². The van der Waals surface area contributed by atoms with E-state index in [4.69, 9.17) is 4.74 Å². The summed E-state index contributed by atoms with van der Waals surface area (Å²) in [5.41, 5.74) is -4.05. The highest BCUT2D eigenvalue weighted by Gasteiger charge is 2.31. The second-order valence-electron chi connectivity index (χ2n) is 4.23. The summed E-state index contributed by atoms with van der Waals surface area (Å²) in [4.78, 5) is 12.0. The van der Waals surface area contributed by atoms with Gasteiger partial charge in [-0.25, -0.2) is 0 Å². The van der Waals surface area contributed by atoms with Crippen LogP contribution in [0.4, 0.5) is 18.9 Å². The van der Waals surface area contributed by atoms with Crippen LogP contribution in [0.3, 0.4) is 0 Å². The number of ether oxygens (including phenoxy) is 1. The average molecular weight is 327 g/mol. The summed E-state index contributed by atoms with van der Waals surface area (Å²) in [6, 6.07) is 12.2. The Morgan fingerprint density at radius 1 is 1.14 bits per heavy atom. The molecule has 116 valence electrons. The Hall–Kier alpha value is -2.15. The minimum absolute atomic E-state index is 0.0346. The smallest absolute Gasteiger partial charge is 0.446 e. The molecule has 0 aliphatic heterocycles. The second-order valence-corrected chi connectivity index (χ2v) is 5.34. The molecule has 0 atom stereocenters. The molecule has 0 radical (unpaired) electrons. The Kier molecular flexibility index (Phi) is 4.97. The van der Waals surface area contributed by atoms with Crippen molar-refractivity contribution in [2.24, 2.45) is 0 Å². The molecule has 0 aromatic heterocycles. The number of hydrogen-bond acceptors (Lipinski definition) is 3. The average Bonchev–Trinajstić information content (AvgIpc) is 2.46. The molecule has 0 saturated carbocycles. The van der Waals surface area contributed by atoms with Gasteiger partial charge in [-0.05, 0) is 36.0 Å². The van der Waals surface area contributed by atoms with Gasteiger partial charge in [-0.3, -0.25) is 4.79 Å². The van der Waals surface area contributed by atoms with Crippen molar-refractivity contribution in [2.75, 3.05) is 12.4 Å². The van der Waals surface area contributed by atoms with E-state index in [9.17, 15) is 18.0 Å². The van der Waals surface area contributed by atoms with Gasteiger partial charge in [0.25, 0.3) is 5.91 Å². The molecule has 0 heterocycles. The van der Waals surface area contributed by atoms with Crippen molar-refractivity contribution in [3.8, 4) is 5.75 Å². The van der Waals surface area contributed by atoms with Crippen LogP contribution in [0.5, 0.6) is 5.75 Å². The van der Waals surface area contributed by atoms with Crippen LogP contribution >= 0.6 is 11.8 Å². The molecule has 0 unspecified atom stereocenters. The van der Waals surface area contributed by atoms with Crippen molar-refractivity contribution in [3.63, 3.8) is 0 Å². The van der Waals surface area contributed by atoms with E-state index in [1.165, 1.54) is 31.4 Å². The van der Waals surface area contributed by atoms with Crippen LogP contribution in [0.15, 0.2) is 53.4 Å². The van der Waals surface area contributed by atoms with Gasteiger partial charge >= 0.3 is 5.51 Å². The van der Waals surface area contributed by atoms with Crippen LogP contribution in [0.1, 0.15) is 10.4 Å². The molecule has 22 heavy (non-hydrogen) atoms. The highest BCUT2D eigenvalue weighted by atomic mass is 32.2. The molecule has 3 nitrogen and oxygen atoms in total. The first-order valence-electron chi connectivity index (χ1n) is 6.19. The second kappa shape index (κ2) is 6.74. The van der Waals surface area contributed by atoms with E-state index in [-0.39, 0.29) is 22.2 Å². The minimum Gasteiger partial charge on any atom is -0.497 e. The number of amides is 1. The van der Waals surface area contributed by atoms with Gasteiger partial charge in [0, 0.05) is 16.6 Å².